The van der Waals surface area contributed by atoms with Crippen LogP contribution in [-0.2, 0) is 20.7 Å². The summed E-state index contributed by atoms with van der Waals surface area (Å²) in [4.78, 5) is 29.8. The van der Waals surface area contributed by atoms with Crippen LogP contribution in [0.5, 0.6) is 0 Å². The molecule has 1 aliphatic carbocycles. The van der Waals surface area contributed by atoms with E-state index >= 15 is 0 Å². The van der Waals surface area contributed by atoms with E-state index in [0.717, 1.165) is 64.2 Å². The number of ether oxygens (including phenoxy) is 1. The number of carbonyl (C=O) groups excluding carboxylic acids is 1. The number of aryl methyl sites for hydroxylation is 1. The van der Waals surface area contributed by atoms with Gasteiger partial charge in [0.2, 0.25) is 0 Å². The average molecular weight is 475 g/mol. The number of aliphatic carboxylic acids is 1. The summed E-state index contributed by atoms with van der Waals surface area (Å²) in [5, 5.41) is 26.2. The average Bonchev–Trinajstić information content (AvgIpc) is 3.27. The van der Waals surface area contributed by atoms with Crippen LogP contribution in [0, 0.1) is 35.0 Å². The molecule has 0 aromatic carbocycles. The van der Waals surface area contributed by atoms with Gasteiger partial charge in [-0.1, -0.05) is 59.8 Å². The Hall–Kier alpha value is -2.43. The smallest absolute Gasteiger partial charge is 0.322 e. The number of unbranched alkanes of at least 4 members (excludes halogenated alkanes) is 3. The van der Waals surface area contributed by atoms with Gasteiger partial charge >= 0.3 is 11.9 Å². The van der Waals surface area contributed by atoms with Gasteiger partial charge in [-0.25, -0.2) is 4.98 Å². The van der Waals surface area contributed by atoms with Gasteiger partial charge in [0.15, 0.2) is 11.7 Å². The van der Waals surface area contributed by atoms with Crippen molar-refractivity contribution in [3.05, 3.63) is 11.6 Å². The number of hydrogen-bond donors (Lipinski definition) is 2. The molecule has 1 aromatic heterocycles. The molecule has 1 heterocycles. The van der Waals surface area contributed by atoms with E-state index in [4.69, 9.17) is 4.74 Å². The minimum absolute atomic E-state index is 0.101. The molecule has 4 unspecified atom stereocenters. The highest BCUT2D eigenvalue weighted by Crippen LogP contribution is 2.41. The highest BCUT2D eigenvalue weighted by Gasteiger charge is 2.44. The Balaban J connectivity index is 2.34. The molecular weight excluding hydrogens is 432 g/mol. The summed E-state index contributed by atoms with van der Waals surface area (Å²) in [7, 11) is 0. The van der Waals surface area contributed by atoms with Crippen LogP contribution >= 0.6 is 0 Å². The fraction of sp³-hybridized carbons (Fsp3) is 0.808. The number of carbonyl (C=O) groups is 2. The first-order valence-corrected chi connectivity index (χ1v) is 13.1. The molecule has 1 saturated carbocycles. The number of hydrogen-bond acceptors (Lipinski definition) is 6. The number of aromatic amines is 1. The van der Waals surface area contributed by atoms with Crippen LogP contribution in [0.4, 0.5) is 0 Å². The molecule has 8 heteroatoms. The number of aromatic nitrogens is 3. The Labute approximate surface area is 203 Å². The van der Waals surface area contributed by atoms with Gasteiger partial charge in [0.1, 0.15) is 17.8 Å². The summed E-state index contributed by atoms with van der Waals surface area (Å²) >= 11 is 0. The number of nitrogens with one attached hydrogen (secondary N) is 1. The lowest BCUT2D eigenvalue weighted by atomic mass is 9.70. The van der Waals surface area contributed by atoms with Gasteiger partial charge < -0.3 is 9.84 Å². The zero-order valence-electron chi connectivity index (χ0n) is 21.3. The van der Waals surface area contributed by atoms with Crippen molar-refractivity contribution in [2.24, 2.45) is 23.7 Å². The molecule has 0 saturated heterocycles. The molecule has 0 aliphatic heterocycles. The SMILES string of the molecule is CCCCc1n[nH]c(C(C(=O)OC2C(CCCC)CC(C)CC2CCCC)C(C#N)C(=O)O)n1. The van der Waals surface area contributed by atoms with Gasteiger partial charge in [0, 0.05) is 6.42 Å². The van der Waals surface area contributed by atoms with E-state index in [9.17, 15) is 20.0 Å². The Morgan fingerprint density at radius 3 is 2.21 bits per heavy atom. The molecule has 0 spiro atoms. The van der Waals surface area contributed by atoms with Crippen molar-refractivity contribution >= 4 is 11.9 Å². The van der Waals surface area contributed by atoms with Gasteiger partial charge in [0.25, 0.3) is 0 Å². The molecule has 1 aromatic rings. The first kappa shape index (κ1) is 27.8. The topological polar surface area (TPSA) is 129 Å². The van der Waals surface area contributed by atoms with Crippen molar-refractivity contribution in [1.29, 1.82) is 5.26 Å². The monoisotopic (exact) mass is 474 g/mol. The molecule has 0 bridgehead atoms. The zero-order valence-corrected chi connectivity index (χ0v) is 21.3. The number of carboxylic acid groups (broad SMARTS) is 1. The van der Waals surface area contributed by atoms with Gasteiger partial charge in [-0.05, 0) is 49.9 Å². The molecule has 2 N–H and O–H groups in total. The standard InChI is InChI=1S/C26H42N4O4/c1-5-8-11-18-14-17(4)15-19(12-9-6-2)23(18)34-26(33)22(20(16-27)25(31)32)24-28-21(29-30-24)13-10-7-3/h17-20,22-23H,5-15H2,1-4H3,(H,31,32)(H,28,29,30). The van der Waals surface area contributed by atoms with Crippen molar-refractivity contribution in [2.75, 3.05) is 0 Å². The van der Waals surface area contributed by atoms with Crippen LogP contribution < -0.4 is 0 Å². The van der Waals surface area contributed by atoms with Gasteiger partial charge in [0.05, 0.1) is 6.07 Å². The molecule has 1 aliphatic rings. The number of nitriles is 1. The Bertz CT molecular complexity index is 800. The largest absolute Gasteiger partial charge is 0.480 e. The van der Waals surface area contributed by atoms with E-state index in [1.165, 1.54) is 0 Å². The maximum absolute atomic E-state index is 13.5. The lowest BCUT2D eigenvalue weighted by Gasteiger charge is -2.41. The first-order valence-electron chi connectivity index (χ1n) is 13.1. The molecule has 190 valence electrons. The lowest BCUT2D eigenvalue weighted by Crippen LogP contribution is -2.42. The third-order valence-electron chi connectivity index (χ3n) is 7.04. The second-order valence-electron chi connectivity index (χ2n) is 9.95. The van der Waals surface area contributed by atoms with E-state index in [1.54, 1.807) is 6.07 Å². The van der Waals surface area contributed by atoms with Crippen molar-refractivity contribution < 1.29 is 19.4 Å². The van der Waals surface area contributed by atoms with E-state index in [-0.39, 0.29) is 23.8 Å². The van der Waals surface area contributed by atoms with Crippen LogP contribution in [0.1, 0.15) is 109 Å². The molecule has 0 radical (unpaired) electrons. The van der Waals surface area contributed by atoms with E-state index in [1.807, 2.05) is 0 Å². The van der Waals surface area contributed by atoms with Crippen molar-refractivity contribution in [3.63, 3.8) is 0 Å². The van der Waals surface area contributed by atoms with Crippen LogP contribution in [-0.4, -0.2) is 38.3 Å². The van der Waals surface area contributed by atoms with Gasteiger partial charge in [-0.15, -0.1) is 0 Å². The number of esters is 1. The molecular formula is C26H42N4O4. The number of H-pyrrole nitrogens is 1. The molecule has 2 rings (SSSR count). The summed E-state index contributed by atoms with van der Waals surface area (Å²) in [6, 6.07) is 1.78. The van der Waals surface area contributed by atoms with Crippen LogP contribution in [0.3, 0.4) is 0 Å². The summed E-state index contributed by atoms with van der Waals surface area (Å²) in [6.07, 6.45) is 10.4. The zero-order chi connectivity index (χ0) is 25.1. The molecule has 4 atom stereocenters. The Morgan fingerprint density at radius 2 is 1.71 bits per heavy atom. The number of carboxylic acids is 1. The normalized spacial score (nSPS) is 24.2. The van der Waals surface area contributed by atoms with Gasteiger partial charge in [-0.3, -0.25) is 14.7 Å². The summed E-state index contributed by atoms with van der Waals surface area (Å²) in [5.74, 6) is -3.29. The number of nitrogens with zero attached hydrogens (tertiary/aromatic N) is 3. The summed E-state index contributed by atoms with van der Waals surface area (Å²) in [5.41, 5.74) is 0. The fourth-order valence-corrected chi connectivity index (χ4v) is 5.25. The third-order valence-corrected chi connectivity index (χ3v) is 7.04. The predicted octanol–water partition coefficient (Wildman–Crippen LogP) is 5.41. The van der Waals surface area contributed by atoms with E-state index < -0.39 is 23.8 Å². The maximum Gasteiger partial charge on any atom is 0.322 e. The van der Waals surface area contributed by atoms with Crippen LogP contribution in [0.15, 0.2) is 0 Å². The molecule has 8 nitrogen and oxygen atoms in total. The van der Waals surface area contributed by atoms with Crippen molar-refractivity contribution in [1.82, 2.24) is 15.2 Å². The predicted molar refractivity (Wildman–Crippen MR) is 129 cm³/mol. The first-order chi connectivity index (χ1) is 16.4. The maximum atomic E-state index is 13.5. The molecule has 0 amide bonds. The Kier molecular flexibility index (Phi) is 11.5. The van der Waals surface area contributed by atoms with Gasteiger partial charge in [-0.2, -0.15) is 10.4 Å². The second kappa shape index (κ2) is 14.1. The second-order valence-corrected chi connectivity index (χ2v) is 9.95. The van der Waals surface area contributed by atoms with Crippen molar-refractivity contribution in [2.45, 2.75) is 110 Å². The highest BCUT2D eigenvalue weighted by molar-refractivity contribution is 5.86. The van der Waals surface area contributed by atoms with Crippen LogP contribution in [0.25, 0.3) is 0 Å². The summed E-state index contributed by atoms with van der Waals surface area (Å²) < 4.78 is 6.16. The quantitative estimate of drug-likeness (QED) is 0.345. The highest BCUT2D eigenvalue weighted by atomic mass is 16.5. The summed E-state index contributed by atoms with van der Waals surface area (Å²) in [6.45, 7) is 8.63. The minimum atomic E-state index is -1.59. The number of rotatable bonds is 14. The minimum Gasteiger partial charge on any atom is -0.480 e. The molecule has 1 fully saturated rings. The van der Waals surface area contributed by atoms with Crippen molar-refractivity contribution in [3.8, 4) is 6.07 Å². The van der Waals surface area contributed by atoms with E-state index in [2.05, 4.69) is 42.9 Å². The lowest BCUT2D eigenvalue weighted by molar-refractivity contribution is -0.165. The molecule has 34 heavy (non-hydrogen) atoms. The van der Waals surface area contributed by atoms with E-state index in [0.29, 0.717) is 18.2 Å². The third kappa shape index (κ3) is 7.54. The fourth-order valence-electron chi connectivity index (χ4n) is 5.25. The Morgan fingerprint density at radius 1 is 1.12 bits per heavy atom. The van der Waals surface area contributed by atoms with Crippen LogP contribution in [0.2, 0.25) is 0 Å².